The molecule has 136 valence electrons. The van der Waals surface area contributed by atoms with E-state index in [0.29, 0.717) is 11.3 Å². The monoisotopic (exact) mass is 368 g/mol. The van der Waals surface area contributed by atoms with Crippen molar-refractivity contribution >= 4 is 16.8 Å². The number of hydrogen-bond acceptors (Lipinski definition) is 2. The minimum Gasteiger partial charge on any atom is -0.341 e. The van der Waals surface area contributed by atoms with Gasteiger partial charge in [-0.25, -0.2) is 0 Å². The van der Waals surface area contributed by atoms with Crippen molar-refractivity contribution in [2.45, 2.75) is 13.1 Å². The van der Waals surface area contributed by atoms with Gasteiger partial charge >= 0.3 is 6.18 Å². The van der Waals surface area contributed by atoms with Crippen molar-refractivity contribution in [1.82, 2.24) is 10.3 Å². The summed E-state index contributed by atoms with van der Waals surface area (Å²) in [5.41, 5.74) is 1.41. The first-order valence-electron chi connectivity index (χ1n) is 8.15. The number of aromatic nitrogens is 1. The molecule has 1 heterocycles. The number of carbonyl (C=O) groups excluding carboxylic acids is 1. The minimum absolute atomic E-state index is 0.0186. The zero-order valence-electron chi connectivity index (χ0n) is 14.4. The molecule has 0 radical (unpaired) electrons. The van der Waals surface area contributed by atoms with Crippen LogP contribution >= 0.6 is 0 Å². The number of carbonyl (C=O) groups is 1. The van der Waals surface area contributed by atoms with Gasteiger partial charge in [0.2, 0.25) is 0 Å². The van der Waals surface area contributed by atoms with E-state index in [1.54, 1.807) is 13.0 Å². The lowest BCUT2D eigenvalue weighted by molar-refractivity contribution is -0.137. The number of amides is 1. The summed E-state index contributed by atoms with van der Waals surface area (Å²) in [7, 11) is 0. The molecule has 1 amide bonds. The minimum atomic E-state index is -4.41. The number of alkyl halides is 3. The van der Waals surface area contributed by atoms with Crippen molar-refractivity contribution in [3.63, 3.8) is 0 Å². The topological polar surface area (TPSA) is 42.0 Å². The highest BCUT2D eigenvalue weighted by molar-refractivity contribution is 6.06. The van der Waals surface area contributed by atoms with Crippen LogP contribution in [0.5, 0.6) is 0 Å². The Kier molecular flexibility index (Phi) is 5.13. The first-order chi connectivity index (χ1) is 12.8. The van der Waals surface area contributed by atoms with Crippen LogP contribution in [0.4, 0.5) is 13.2 Å². The van der Waals surface area contributed by atoms with Crippen LogP contribution in [0.2, 0.25) is 0 Å². The van der Waals surface area contributed by atoms with Crippen LogP contribution in [0.3, 0.4) is 0 Å². The maximum atomic E-state index is 12.7. The fraction of sp³-hybridized carbons (Fsp3) is 0.143. The molecule has 0 atom stereocenters. The molecule has 0 aliphatic carbocycles. The number of aryl methyl sites for hydroxylation is 1. The summed E-state index contributed by atoms with van der Waals surface area (Å²) in [6, 6.07) is 13.8. The Morgan fingerprint density at radius 1 is 1.11 bits per heavy atom. The smallest absolute Gasteiger partial charge is 0.341 e. The maximum absolute atomic E-state index is 12.7. The lowest BCUT2D eigenvalue weighted by atomic mass is 10.1. The molecule has 0 unspecified atom stereocenters. The third-order valence-corrected chi connectivity index (χ3v) is 3.85. The van der Waals surface area contributed by atoms with Crippen molar-refractivity contribution in [1.29, 1.82) is 0 Å². The second kappa shape index (κ2) is 7.50. The van der Waals surface area contributed by atoms with Crippen molar-refractivity contribution in [2.75, 3.05) is 6.54 Å². The van der Waals surface area contributed by atoms with E-state index in [0.717, 1.165) is 23.0 Å². The van der Waals surface area contributed by atoms with Crippen LogP contribution in [0.1, 0.15) is 27.2 Å². The zero-order chi connectivity index (χ0) is 19.4. The zero-order valence-corrected chi connectivity index (χ0v) is 14.4. The van der Waals surface area contributed by atoms with Crippen LogP contribution in [-0.4, -0.2) is 17.4 Å². The van der Waals surface area contributed by atoms with E-state index in [1.165, 1.54) is 12.1 Å². The van der Waals surface area contributed by atoms with Gasteiger partial charge in [0.1, 0.15) is 0 Å². The van der Waals surface area contributed by atoms with Crippen LogP contribution in [-0.2, 0) is 6.18 Å². The van der Waals surface area contributed by atoms with Gasteiger partial charge in [-0.05, 0) is 37.3 Å². The predicted molar refractivity (Wildman–Crippen MR) is 97.1 cm³/mol. The molecule has 0 saturated heterocycles. The van der Waals surface area contributed by atoms with Gasteiger partial charge in [0, 0.05) is 16.6 Å². The molecule has 0 fully saturated rings. The van der Waals surface area contributed by atoms with Gasteiger partial charge in [0.05, 0.1) is 23.2 Å². The first-order valence-corrected chi connectivity index (χ1v) is 8.15. The van der Waals surface area contributed by atoms with E-state index in [9.17, 15) is 18.0 Å². The van der Waals surface area contributed by atoms with Crippen molar-refractivity contribution < 1.29 is 18.0 Å². The summed E-state index contributed by atoms with van der Waals surface area (Å²) in [6.45, 7) is 1.82. The molecule has 0 aliphatic rings. The molecule has 0 bridgehead atoms. The molecule has 3 aromatic rings. The fourth-order valence-electron chi connectivity index (χ4n) is 2.63. The van der Waals surface area contributed by atoms with E-state index in [2.05, 4.69) is 22.1 Å². The van der Waals surface area contributed by atoms with Gasteiger partial charge in [0.25, 0.3) is 5.91 Å². The molecular formula is C21H15F3N2O. The van der Waals surface area contributed by atoms with Crippen LogP contribution in [0.15, 0.2) is 54.6 Å². The number of hydrogen-bond donors (Lipinski definition) is 1. The number of para-hydroxylation sites is 1. The maximum Gasteiger partial charge on any atom is 0.416 e. The number of nitrogens with one attached hydrogen (secondary N) is 1. The Balaban J connectivity index is 1.73. The molecule has 0 saturated carbocycles. The third-order valence-electron chi connectivity index (χ3n) is 3.85. The molecule has 1 N–H and O–H groups in total. The lowest BCUT2D eigenvalue weighted by Gasteiger charge is -2.07. The highest BCUT2D eigenvalue weighted by Crippen LogP contribution is 2.29. The predicted octanol–water partition coefficient (Wildman–Crippen LogP) is 4.34. The largest absolute Gasteiger partial charge is 0.416 e. The summed E-state index contributed by atoms with van der Waals surface area (Å²) < 4.78 is 38.1. The van der Waals surface area contributed by atoms with E-state index in [1.807, 2.05) is 24.3 Å². The molecule has 2 aromatic carbocycles. The second-order valence-electron chi connectivity index (χ2n) is 5.89. The SMILES string of the molecule is Cc1cc(C(=O)NCC#Cc2cccc(C(F)(F)F)c2)c2ccccc2n1. The van der Waals surface area contributed by atoms with Crippen molar-refractivity contribution in [3.05, 3.63) is 77.0 Å². The fourth-order valence-corrected chi connectivity index (χ4v) is 2.63. The Bertz CT molecular complexity index is 1060. The van der Waals surface area contributed by atoms with E-state index >= 15 is 0 Å². The van der Waals surface area contributed by atoms with Gasteiger partial charge in [-0.3, -0.25) is 9.78 Å². The van der Waals surface area contributed by atoms with Gasteiger partial charge in [-0.2, -0.15) is 13.2 Å². The number of nitrogens with zero attached hydrogens (tertiary/aromatic N) is 1. The Morgan fingerprint density at radius 3 is 2.67 bits per heavy atom. The molecule has 3 nitrogen and oxygen atoms in total. The Hall–Kier alpha value is -3.33. The van der Waals surface area contributed by atoms with Crippen molar-refractivity contribution in [2.24, 2.45) is 0 Å². The lowest BCUT2D eigenvalue weighted by Crippen LogP contribution is -2.24. The summed E-state index contributed by atoms with van der Waals surface area (Å²) >= 11 is 0. The van der Waals surface area contributed by atoms with Crippen LogP contribution in [0.25, 0.3) is 10.9 Å². The first kappa shape index (κ1) is 18.5. The Labute approximate surface area is 154 Å². The number of rotatable bonds is 2. The van der Waals surface area contributed by atoms with Crippen molar-refractivity contribution in [3.8, 4) is 11.8 Å². The van der Waals surface area contributed by atoms with E-state index in [-0.39, 0.29) is 18.0 Å². The standard InChI is InChI=1S/C21H15F3N2O/c1-14-12-18(17-9-2-3-10-19(17)26-14)20(27)25-11-5-7-15-6-4-8-16(13-15)21(22,23)24/h2-4,6,8-10,12-13H,11H2,1H3,(H,25,27). The summed E-state index contributed by atoms with van der Waals surface area (Å²) in [6.07, 6.45) is -4.41. The number of pyridine rings is 1. The van der Waals surface area contributed by atoms with Crippen LogP contribution in [0, 0.1) is 18.8 Å². The summed E-state index contributed by atoms with van der Waals surface area (Å²) in [4.78, 5) is 16.8. The average molecular weight is 368 g/mol. The summed E-state index contributed by atoms with van der Waals surface area (Å²) in [5, 5.41) is 3.40. The highest BCUT2D eigenvalue weighted by Gasteiger charge is 2.30. The summed E-state index contributed by atoms with van der Waals surface area (Å²) in [5.74, 6) is 5.00. The molecule has 6 heteroatoms. The quantitative estimate of drug-likeness (QED) is 0.684. The molecule has 0 spiro atoms. The number of fused-ring (bicyclic) bond motifs is 1. The molecule has 0 aliphatic heterocycles. The highest BCUT2D eigenvalue weighted by atomic mass is 19.4. The van der Waals surface area contributed by atoms with Gasteiger partial charge in [-0.15, -0.1) is 0 Å². The molecular weight excluding hydrogens is 353 g/mol. The van der Waals surface area contributed by atoms with Gasteiger partial charge < -0.3 is 5.32 Å². The Morgan fingerprint density at radius 2 is 1.89 bits per heavy atom. The average Bonchev–Trinajstić information content (AvgIpc) is 2.64. The van der Waals surface area contributed by atoms with E-state index in [4.69, 9.17) is 0 Å². The van der Waals surface area contributed by atoms with E-state index < -0.39 is 11.7 Å². The van der Waals surface area contributed by atoms with Gasteiger partial charge in [-0.1, -0.05) is 36.1 Å². The number of halogens is 3. The third kappa shape index (κ3) is 4.45. The molecule has 1 aromatic heterocycles. The van der Waals surface area contributed by atoms with Gasteiger partial charge in [0.15, 0.2) is 0 Å². The normalized spacial score (nSPS) is 11.0. The second-order valence-corrected chi connectivity index (χ2v) is 5.89. The number of benzene rings is 2. The molecule has 3 rings (SSSR count). The molecule has 27 heavy (non-hydrogen) atoms. The van der Waals surface area contributed by atoms with Crippen LogP contribution < -0.4 is 5.32 Å².